The Morgan fingerprint density at radius 3 is 2.51 bits per heavy atom. The summed E-state index contributed by atoms with van der Waals surface area (Å²) in [5.74, 6) is 1.58. The summed E-state index contributed by atoms with van der Waals surface area (Å²) in [7, 11) is -1.66. The average Bonchev–Trinajstić information content (AvgIpc) is 3.54. The predicted molar refractivity (Wildman–Crippen MR) is 140 cm³/mol. The van der Waals surface area contributed by atoms with Crippen LogP contribution in [0.15, 0.2) is 81.0 Å². The topological polar surface area (TPSA) is 121 Å². The monoisotopic (exact) mass is 534 g/mol. The van der Waals surface area contributed by atoms with Gasteiger partial charge in [-0.3, -0.25) is 9.36 Å². The van der Waals surface area contributed by atoms with Gasteiger partial charge in [0, 0.05) is 35.7 Å². The van der Waals surface area contributed by atoms with Crippen LogP contribution in [0.4, 0.5) is 0 Å². The fraction of sp³-hybridized carbons (Fsp3) is 0.0800. The van der Waals surface area contributed by atoms with E-state index in [0.29, 0.717) is 34.7 Å². The molecule has 0 radical (unpaired) electrons. The fourth-order valence-electron chi connectivity index (χ4n) is 3.78. The maximum Gasteiger partial charge on any atom is 0.248 e. The van der Waals surface area contributed by atoms with Crippen molar-refractivity contribution in [1.82, 2.24) is 29.9 Å². The minimum Gasteiger partial charge on any atom is -0.417 e. The van der Waals surface area contributed by atoms with E-state index in [4.69, 9.17) is 24.4 Å². The number of rotatable bonds is 6. The molecule has 0 amide bonds. The van der Waals surface area contributed by atoms with E-state index < -0.39 is 10.6 Å². The molecule has 3 aromatic heterocycles. The number of nitrogens with one attached hydrogen (secondary N) is 1. The highest BCUT2D eigenvalue weighted by Crippen LogP contribution is 2.60. The van der Waals surface area contributed by atoms with Gasteiger partial charge in [0.2, 0.25) is 17.3 Å². The van der Waals surface area contributed by atoms with Gasteiger partial charge in [-0.15, -0.1) is 20.4 Å². The van der Waals surface area contributed by atoms with Gasteiger partial charge in [-0.1, -0.05) is 23.7 Å². The lowest BCUT2D eigenvalue weighted by Gasteiger charge is -2.46. The quantitative estimate of drug-likeness (QED) is 0.318. The lowest BCUT2D eigenvalue weighted by atomic mass is 10.2. The Morgan fingerprint density at radius 1 is 0.973 bits per heavy atom. The molecule has 0 atom stereocenters. The van der Waals surface area contributed by atoms with Crippen molar-refractivity contribution in [2.45, 2.75) is 4.90 Å². The first kappa shape index (κ1) is 23.4. The van der Waals surface area contributed by atoms with Crippen molar-refractivity contribution in [3.8, 4) is 28.5 Å². The van der Waals surface area contributed by atoms with E-state index in [1.54, 1.807) is 24.3 Å². The summed E-state index contributed by atoms with van der Waals surface area (Å²) < 4.78 is 18.8. The molecule has 1 fully saturated rings. The number of aromatic nitrogens is 6. The van der Waals surface area contributed by atoms with E-state index in [0.717, 1.165) is 10.5 Å². The van der Waals surface area contributed by atoms with Crippen LogP contribution in [0.3, 0.4) is 0 Å². The van der Waals surface area contributed by atoms with Crippen LogP contribution in [0.25, 0.3) is 40.7 Å². The molecule has 0 unspecified atom stereocenters. The van der Waals surface area contributed by atoms with Gasteiger partial charge in [0.05, 0.1) is 15.6 Å². The highest BCUT2D eigenvalue weighted by molar-refractivity contribution is 8.26. The third-order valence-electron chi connectivity index (χ3n) is 5.71. The van der Waals surface area contributed by atoms with Crippen molar-refractivity contribution in [3.63, 3.8) is 0 Å². The van der Waals surface area contributed by atoms with Crippen LogP contribution in [0.5, 0.6) is 0 Å². The Bertz CT molecular complexity index is 1670. The van der Waals surface area contributed by atoms with Gasteiger partial charge in [-0.2, -0.15) is 10.6 Å². The van der Waals surface area contributed by atoms with Gasteiger partial charge in [-0.25, -0.2) is 8.37 Å². The van der Waals surface area contributed by atoms with Gasteiger partial charge >= 0.3 is 0 Å². The van der Waals surface area contributed by atoms with E-state index >= 15 is 0 Å². The summed E-state index contributed by atoms with van der Waals surface area (Å²) in [5, 5.41) is 17.4. The lowest BCUT2D eigenvalue weighted by molar-refractivity contribution is 0.0490. The van der Waals surface area contributed by atoms with E-state index in [-0.39, 0.29) is 17.3 Å². The lowest BCUT2D eigenvalue weighted by Crippen LogP contribution is -2.20. The molecule has 0 saturated carbocycles. The second kappa shape index (κ2) is 9.45. The third kappa shape index (κ3) is 4.49. The maximum absolute atomic E-state index is 11.6. The molecular formula is C25H19ClN6O4S. The summed E-state index contributed by atoms with van der Waals surface area (Å²) in [4.78, 5) is 15.1. The summed E-state index contributed by atoms with van der Waals surface area (Å²) in [5.41, 5.74) is 1.82. The highest BCUT2D eigenvalue weighted by Gasteiger charge is 2.27. The number of benzene rings is 2. The Kier molecular flexibility index (Phi) is 5.97. The molecule has 1 aliphatic heterocycles. The molecule has 4 heterocycles. The molecule has 0 aliphatic carbocycles. The van der Waals surface area contributed by atoms with Crippen LogP contribution in [0.2, 0.25) is 5.02 Å². The number of halogens is 1. The van der Waals surface area contributed by atoms with E-state index in [9.17, 15) is 4.79 Å². The number of aromatic amines is 1. The van der Waals surface area contributed by atoms with Crippen molar-refractivity contribution in [2.24, 2.45) is 0 Å². The molecule has 10 nitrogen and oxygen atoms in total. The first-order valence-electron chi connectivity index (χ1n) is 11.1. The van der Waals surface area contributed by atoms with Crippen molar-refractivity contribution < 1.29 is 12.8 Å². The predicted octanol–water partition coefficient (Wildman–Crippen LogP) is 5.12. The van der Waals surface area contributed by atoms with Crippen LogP contribution in [0, 0.1) is 0 Å². The number of H-pyrrole nitrogens is 1. The zero-order chi connectivity index (χ0) is 25.4. The van der Waals surface area contributed by atoms with Gasteiger partial charge in [0.15, 0.2) is 18.4 Å². The summed E-state index contributed by atoms with van der Waals surface area (Å²) in [6.07, 6.45) is 6.82. The first-order chi connectivity index (χ1) is 18.0. The van der Waals surface area contributed by atoms with E-state index in [1.807, 2.05) is 53.3 Å². The zero-order valence-electron chi connectivity index (χ0n) is 19.4. The summed E-state index contributed by atoms with van der Waals surface area (Å²) in [6.45, 7) is 0.315. The normalized spacial score (nSPS) is 15.5. The Balaban J connectivity index is 1.37. The fourth-order valence-corrected chi connectivity index (χ4v) is 5.29. The Hall–Kier alpha value is -4.03. The Labute approximate surface area is 217 Å². The van der Waals surface area contributed by atoms with E-state index in [2.05, 4.69) is 25.4 Å². The molecule has 0 spiro atoms. The SMILES string of the molecule is CS1(c2ccc(-c3nnc(/C=C/c4nnc(-c5cc[nH]c(=O)c5)o4)n3-c3ccccc3Cl)cc2)OCO1. The van der Waals surface area contributed by atoms with Gasteiger partial charge in [0.25, 0.3) is 0 Å². The van der Waals surface area contributed by atoms with E-state index in [1.165, 1.54) is 12.3 Å². The third-order valence-corrected chi connectivity index (χ3v) is 8.25. The van der Waals surface area contributed by atoms with Crippen molar-refractivity contribution >= 4 is 34.3 Å². The minimum atomic E-state index is -1.66. The summed E-state index contributed by atoms with van der Waals surface area (Å²) >= 11 is 6.56. The van der Waals surface area contributed by atoms with Crippen LogP contribution in [-0.2, 0) is 8.37 Å². The van der Waals surface area contributed by atoms with Crippen LogP contribution < -0.4 is 5.56 Å². The number of nitrogens with zero attached hydrogens (tertiary/aromatic N) is 5. The van der Waals surface area contributed by atoms with Gasteiger partial charge < -0.3 is 9.40 Å². The Morgan fingerprint density at radius 2 is 1.78 bits per heavy atom. The van der Waals surface area contributed by atoms with Gasteiger partial charge in [0.1, 0.15) is 0 Å². The van der Waals surface area contributed by atoms with Gasteiger partial charge in [-0.05, 0) is 48.5 Å². The van der Waals surface area contributed by atoms with Crippen LogP contribution >= 0.6 is 22.2 Å². The second-order valence-electron chi connectivity index (χ2n) is 8.04. The standard InChI is InChI=1S/C25H19ClN6O4S/c1-37(34-15-35-37)18-8-6-16(7-9-18)24-30-28-21(32(24)20-5-3-2-4-19(20)26)10-11-23-29-31-25(36-23)17-12-13-27-22(33)14-17/h2-14H,15H2,1H3,(H,27,33)/b11-10+. The maximum atomic E-state index is 11.6. The minimum absolute atomic E-state index is 0.231. The zero-order valence-corrected chi connectivity index (χ0v) is 20.9. The second-order valence-corrected chi connectivity index (χ2v) is 10.9. The number of para-hydroxylation sites is 1. The number of hydrogen-bond donors (Lipinski definition) is 1. The van der Waals surface area contributed by atoms with Crippen molar-refractivity contribution in [3.05, 3.63) is 94.0 Å². The summed E-state index contributed by atoms with van der Waals surface area (Å²) in [6, 6.07) is 18.4. The average molecular weight is 535 g/mol. The molecule has 1 saturated heterocycles. The highest BCUT2D eigenvalue weighted by atomic mass is 35.5. The van der Waals surface area contributed by atoms with Crippen LogP contribution in [-0.4, -0.2) is 43.0 Å². The molecule has 0 bridgehead atoms. The number of hydrogen-bond acceptors (Lipinski definition) is 8. The molecule has 1 aliphatic rings. The molecule has 186 valence electrons. The molecular weight excluding hydrogens is 516 g/mol. The molecule has 5 aromatic rings. The number of pyridine rings is 1. The molecule has 2 aromatic carbocycles. The first-order valence-corrected chi connectivity index (χ1v) is 13.4. The largest absolute Gasteiger partial charge is 0.417 e. The smallest absolute Gasteiger partial charge is 0.248 e. The van der Waals surface area contributed by atoms with Crippen molar-refractivity contribution in [2.75, 3.05) is 13.0 Å². The molecule has 12 heteroatoms. The molecule has 1 N–H and O–H groups in total. The van der Waals surface area contributed by atoms with Crippen molar-refractivity contribution in [1.29, 1.82) is 0 Å². The van der Waals surface area contributed by atoms with Crippen LogP contribution in [0.1, 0.15) is 11.7 Å². The molecule has 37 heavy (non-hydrogen) atoms. The molecule has 6 rings (SSSR count).